The second-order valence-electron chi connectivity index (χ2n) is 8.47. The molecule has 0 bridgehead atoms. The Balaban J connectivity index is 1.15. The van der Waals surface area contributed by atoms with Crippen LogP contribution in [0.1, 0.15) is 52.2 Å². The van der Waals surface area contributed by atoms with Gasteiger partial charge in [-0.1, -0.05) is 17.7 Å². The molecule has 1 aliphatic carbocycles. The van der Waals surface area contributed by atoms with Gasteiger partial charge < -0.3 is 10.2 Å². The van der Waals surface area contributed by atoms with Gasteiger partial charge >= 0.3 is 0 Å². The maximum atomic E-state index is 12.6. The number of anilines is 1. The molecule has 0 unspecified atom stereocenters. The van der Waals surface area contributed by atoms with E-state index < -0.39 is 0 Å². The number of carbonyl (C=O) groups is 1. The van der Waals surface area contributed by atoms with Gasteiger partial charge in [0, 0.05) is 36.5 Å². The number of nitrogens with zero attached hydrogens (tertiary/aromatic N) is 5. The summed E-state index contributed by atoms with van der Waals surface area (Å²) in [4.78, 5) is 19.4. The van der Waals surface area contributed by atoms with Crippen LogP contribution in [0.2, 0.25) is 5.02 Å². The molecule has 7 nitrogen and oxygen atoms in total. The third-order valence-electron chi connectivity index (χ3n) is 6.28. The molecule has 1 aromatic carbocycles. The summed E-state index contributed by atoms with van der Waals surface area (Å²) in [5.41, 5.74) is 3.20. The van der Waals surface area contributed by atoms with Gasteiger partial charge in [0.25, 0.3) is 5.91 Å². The minimum absolute atomic E-state index is 0.0830. The molecule has 0 spiro atoms. The highest BCUT2D eigenvalue weighted by atomic mass is 35.5. The van der Waals surface area contributed by atoms with Crippen LogP contribution >= 0.6 is 11.6 Å². The molecular weight excluding hydrogens is 424 g/mol. The molecule has 1 saturated carbocycles. The first-order chi connectivity index (χ1) is 15.6. The largest absolute Gasteiger partial charge is 0.356 e. The van der Waals surface area contributed by atoms with E-state index in [2.05, 4.69) is 32.4 Å². The fourth-order valence-electron chi connectivity index (χ4n) is 4.23. The Morgan fingerprint density at radius 2 is 2.06 bits per heavy atom. The smallest absolute Gasteiger partial charge is 0.254 e. The van der Waals surface area contributed by atoms with Gasteiger partial charge in [-0.2, -0.15) is 10.4 Å². The third-order valence-corrected chi connectivity index (χ3v) is 6.51. The number of benzene rings is 1. The standard InChI is InChI=1S/C24H23ClN6O/c25-20-4-3-17(11-26)22(10-20)18-8-21(9-18)29-24(32)19-13-28-31(15-19)14-16-2-5-23(27-12-16)30-6-1-7-30/h2-5,10,12-13,15,18,21H,1,6-9,14H2,(H,29,32). The van der Waals surface area contributed by atoms with E-state index in [9.17, 15) is 10.1 Å². The second-order valence-corrected chi connectivity index (χ2v) is 8.91. The van der Waals surface area contributed by atoms with Gasteiger partial charge in [0.2, 0.25) is 0 Å². The van der Waals surface area contributed by atoms with Crippen molar-refractivity contribution < 1.29 is 4.79 Å². The minimum Gasteiger partial charge on any atom is -0.356 e. The minimum atomic E-state index is -0.127. The summed E-state index contributed by atoms with van der Waals surface area (Å²) in [6.07, 6.45) is 8.05. The summed E-state index contributed by atoms with van der Waals surface area (Å²) in [7, 11) is 0. The molecule has 2 aliphatic rings. The lowest BCUT2D eigenvalue weighted by atomic mass is 9.74. The molecule has 1 aliphatic heterocycles. The zero-order chi connectivity index (χ0) is 22.1. The van der Waals surface area contributed by atoms with E-state index in [1.54, 1.807) is 29.2 Å². The van der Waals surface area contributed by atoms with Crippen molar-refractivity contribution in [3.63, 3.8) is 0 Å². The average Bonchev–Trinajstić information content (AvgIpc) is 3.19. The molecule has 1 amide bonds. The zero-order valence-electron chi connectivity index (χ0n) is 17.5. The van der Waals surface area contributed by atoms with Crippen molar-refractivity contribution in [3.8, 4) is 6.07 Å². The highest BCUT2D eigenvalue weighted by Crippen LogP contribution is 2.39. The van der Waals surface area contributed by atoms with E-state index in [0.29, 0.717) is 22.7 Å². The predicted molar refractivity (Wildman–Crippen MR) is 122 cm³/mol. The first kappa shape index (κ1) is 20.5. The Kier molecular flexibility index (Phi) is 5.54. The van der Waals surface area contributed by atoms with E-state index in [1.807, 2.05) is 18.3 Å². The zero-order valence-corrected chi connectivity index (χ0v) is 18.3. The number of amides is 1. The number of rotatable bonds is 6. The first-order valence-corrected chi connectivity index (χ1v) is 11.2. The molecule has 0 radical (unpaired) electrons. The SMILES string of the molecule is N#Cc1ccc(Cl)cc1C1CC(NC(=O)c2cnn(Cc3ccc(N4CCC4)nc3)c2)C1. The van der Waals surface area contributed by atoms with E-state index in [0.717, 1.165) is 42.9 Å². The summed E-state index contributed by atoms with van der Waals surface area (Å²) >= 11 is 6.10. The summed E-state index contributed by atoms with van der Waals surface area (Å²) in [6.45, 7) is 2.71. The van der Waals surface area contributed by atoms with Crippen molar-refractivity contribution in [2.45, 2.75) is 37.8 Å². The number of aromatic nitrogens is 3. The summed E-state index contributed by atoms with van der Waals surface area (Å²) in [6, 6.07) is 11.8. The molecule has 5 rings (SSSR count). The molecule has 2 aromatic heterocycles. The van der Waals surface area contributed by atoms with Crippen molar-refractivity contribution in [3.05, 3.63) is 76.2 Å². The maximum Gasteiger partial charge on any atom is 0.254 e. The number of pyridine rings is 1. The van der Waals surface area contributed by atoms with E-state index in [1.165, 1.54) is 6.42 Å². The first-order valence-electron chi connectivity index (χ1n) is 10.8. The van der Waals surface area contributed by atoms with Gasteiger partial charge in [-0.15, -0.1) is 0 Å². The van der Waals surface area contributed by atoms with Crippen LogP contribution in [0.5, 0.6) is 0 Å². The van der Waals surface area contributed by atoms with Gasteiger partial charge in [-0.3, -0.25) is 9.48 Å². The highest BCUT2D eigenvalue weighted by Gasteiger charge is 2.33. The van der Waals surface area contributed by atoms with Gasteiger partial charge in [-0.05, 0) is 60.6 Å². The number of nitrogens with one attached hydrogen (secondary N) is 1. The number of carbonyl (C=O) groups excluding carboxylic acids is 1. The van der Waals surface area contributed by atoms with Crippen molar-refractivity contribution >= 4 is 23.3 Å². The van der Waals surface area contributed by atoms with Crippen LogP contribution in [0.25, 0.3) is 0 Å². The van der Waals surface area contributed by atoms with E-state index >= 15 is 0 Å². The fourth-order valence-corrected chi connectivity index (χ4v) is 4.41. The molecule has 2 fully saturated rings. The van der Waals surface area contributed by atoms with E-state index in [4.69, 9.17) is 11.6 Å². The van der Waals surface area contributed by atoms with Gasteiger partial charge in [0.1, 0.15) is 5.82 Å². The third kappa shape index (κ3) is 4.19. The van der Waals surface area contributed by atoms with Crippen LogP contribution in [0, 0.1) is 11.3 Å². The topological polar surface area (TPSA) is 86.8 Å². The maximum absolute atomic E-state index is 12.6. The predicted octanol–water partition coefficient (Wildman–Crippen LogP) is 3.74. The second kappa shape index (κ2) is 8.64. The van der Waals surface area contributed by atoms with Crippen LogP contribution in [0.15, 0.2) is 48.9 Å². The Labute approximate surface area is 191 Å². The van der Waals surface area contributed by atoms with Gasteiger partial charge in [0.15, 0.2) is 0 Å². The summed E-state index contributed by atoms with van der Waals surface area (Å²) in [5, 5.41) is 17.3. The Hall–Kier alpha value is -3.37. The van der Waals surface area contributed by atoms with Crippen LogP contribution < -0.4 is 10.2 Å². The molecule has 3 heterocycles. The lowest BCUT2D eigenvalue weighted by Crippen LogP contribution is -2.43. The molecule has 1 N–H and O–H groups in total. The highest BCUT2D eigenvalue weighted by molar-refractivity contribution is 6.30. The Morgan fingerprint density at radius 1 is 1.22 bits per heavy atom. The molecule has 32 heavy (non-hydrogen) atoms. The van der Waals surface area contributed by atoms with Crippen molar-refractivity contribution in [2.75, 3.05) is 18.0 Å². The molecule has 0 atom stereocenters. The number of hydrogen-bond acceptors (Lipinski definition) is 5. The fraction of sp³-hybridized carbons (Fsp3) is 0.333. The molecule has 3 aromatic rings. The lowest BCUT2D eigenvalue weighted by Gasteiger charge is -2.36. The summed E-state index contributed by atoms with van der Waals surface area (Å²) in [5.74, 6) is 1.12. The molecule has 1 saturated heterocycles. The monoisotopic (exact) mass is 446 g/mol. The molecule has 162 valence electrons. The number of nitriles is 1. The average molecular weight is 447 g/mol. The van der Waals surface area contributed by atoms with Crippen molar-refractivity contribution in [1.29, 1.82) is 5.26 Å². The molecular formula is C24H23ClN6O. The molecule has 8 heteroatoms. The normalized spacial score (nSPS) is 19.6. The number of hydrogen-bond donors (Lipinski definition) is 1. The Bertz CT molecular complexity index is 1170. The van der Waals surface area contributed by atoms with E-state index in [-0.39, 0.29) is 17.9 Å². The van der Waals surface area contributed by atoms with Crippen LogP contribution in [0.4, 0.5) is 5.82 Å². The van der Waals surface area contributed by atoms with Crippen LogP contribution in [0.3, 0.4) is 0 Å². The quantitative estimate of drug-likeness (QED) is 0.623. The summed E-state index contributed by atoms with van der Waals surface area (Å²) < 4.78 is 1.75. The van der Waals surface area contributed by atoms with Gasteiger partial charge in [-0.25, -0.2) is 4.98 Å². The lowest BCUT2D eigenvalue weighted by molar-refractivity contribution is 0.0909. The Morgan fingerprint density at radius 3 is 2.75 bits per heavy atom. The van der Waals surface area contributed by atoms with Crippen molar-refractivity contribution in [1.82, 2.24) is 20.1 Å². The van der Waals surface area contributed by atoms with Crippen LogP contribution in [-0.2, 0) is 6.54 Å². The number of halogens is 1. The van der Waals surface area contributed by atoms with Gasteiger partial charge in [0.05, 0.1) is 29.9 Å². The van der Waals surface area contributed by atoms with Crippen LogP contribution in [-0.4, -0.2) is 39.8 Å². The van der Waals surface area contributed by atoms with Crippen molar-refractivity contribution in [2.24, 2.45) is 0 Å².